The maximum atomic E-state index is 4.26. The van der Waals surface area contributed by atoms with Crippen molar-refractivity contribution in [3.63, 3.8) is 0 Å². The molecule has 0 saturated carbocycles. The van der Waals surface area contributed by atoms with Crippen molar-refractivity contribution in [1.82, 2.24) is 25.0 Å². The number of piperazine rings is 1. The second-order valence-corrected chi connectivity index (χ2v) is 3.65. The van der Waals surface area contributed by atoms with Gasteiger partial charge in [-0.05, 0) is 6.92 Å². The lowest BCUT2D eigenvalue weighted by molar-refractivity contribution is 0.229. The van der Waals surface area contributed by atoms with E-state index in [-0.39, 0.29) is 0 Å². The molecule has 0 amide bonds. The van der Waals surface area contributed by atoms with Crippen LogP contribution < -0.4 is 5.32 Å². The van der Waals surface area contributed by atoms with Gasteiger partial charge in [0.25, 0.3) is 0 Å². The van der Waals surface area contributed by atoms with Crippen LogP contribution in [0.2, 0.25) is 0 Å². The summed E-state index contributed by atoms with van der Waals surface area (Å²) < 4.78 is 1.91. The molecule has 0 radical (unpaired) electrons. The summed E-state index contributed by atoms with van der Waals surface area (Å²) in [6.07, 6.45) is 1.80. The van der Waals surface area contributed by atoms with Crippen molar-refractivity contribution in [3.05, 3.63) is 12.2 Å². The summed E-state index contributed by atoms with van der Waals surface area (Å²) in [5.41, 5.74) is 0. The average molecular weight is 195 g/mol. The molecule has 1 aromatic heterocycles. The van der Waals surface area contributed by atoms with E-state index in [1.54, 1.807) is 6.33 Å². The van der Waals surface area contributed by atoms with Gasteiger partial charge in [0.1, 0.15) is 12.2 Å². The maximum Gasteiger partial charge on any atom is 0.147 e. The number of nitrogens with one attached hydrogen (secondary N) is 1. The lowest BCUT2D eigenvalue weighted by Crippen LogP contribution is -2.44. The second kappa shape index (κ2) is 4.52. The molecule has 0 spiro atoms. The summed E-state index contributed by atoms with van der Waals surface area (Å²) in [6, 6.07) is 0. The standard InChI is InChI=1S/C9H17N5/c1-9-11-8-14(12-9)7-6-13-4-2-10-3-5-13/h8,10H,2-7H2,1H3. The van der Waals surface area contributed by atoms with Gasteiger partial charge in [0, 0.05) is 32.7 Å². The van der Waals surface area contributed by atoms with Gasteiger partial charge in [0.15, 0.2) is 0 Å². The van der Waals surface area contributed by atoms with Crippen LogP contribution in [0.4, 0.5) is 0 Å². The van der Waals surface area contributed by atoms with Crippen LogP contribution in [0.3, 0.4) is 0 Å². The zero-order valence-corrected chi connectivity index (χ0v) is 8.61. The third-order valence-electron chi connectivity index (χ3n) is 2.51. The van der Waals surface area contributed by atoms with Gasteiger partial charge in [0.05, 0.1) is 6.54 Å². The summed E-state index contributed by atoms with van der Waals surface area (Å²) in [5, 5.41) is 7.60. The monoisotopic (exact) mass is 195 g/mol. The number of nitrogens with zero attached hydrogens (tertiary/aromatic N) is 4. The van der Waals surface area contributed by atoms with E-state index >= 15 is 0 Å². The van der Waals surface area contributed by atoms with Gasteiger partial charge in [-0.25, -0.2) is 4.98 Å². The topological polar surface area (TPSA) is 46.0 Å². The van der Waals surface area contributed by atoms with Crippen LogP contribution >= 0.6 is 0 Å². The predicted molar refractivity (Wildman–Crippen MR) is 54.1 cm³/mol. The van der Waals surface area contributed by atoms with Crippen molar-refractivity contribution in [2.75, 3.05) is 32.7 Å². The van der Waals surface area contributed by atoms with E-state index in [2.05, 4.69) is 20.3 Å². The van der Waals surface area contributed by atoms with Gasteiger partial charge >= 0.3 is 0 Å². The molecule has 2 heterocycles. The number of aromatic nitrogens is 3. The molecule has 1 N–H and O–H groups in total. The second-order valence-electron chi connectivity index (χ2n) is 3.65. The van der Waals surface area contributed by atoms with Crippen LogP contribution in [0, 0.1) is 6.92 Å². The lowest BCUT2D eigenvalue weighted by atomic mass is 10.3. The highest BCUT2D eigenvalue weighted by atomic mass is 15.3. The van der Waals surface area contributed by atoms with Gasteiger partial charge in [-0.15, -0.1) is 0 Å². The summed E-state index contributed by atoms with van der Waals surface area (Å²) >= 11 is 0. The van der Waals surface area contributed by atoms with Crippen LogP contribution in [0.15, 0.2) is 6.33 Å². The Labute approximate surface area is 84.1 Å². The highest BCUT2D eigenvalue weighted by molar-refractivity contribution is 4.75. The van der Waals surface area contributed by atoms with Crippen molar-refractivity contribution < 1.29 is 0 Å². The molecule has 14 heavy (non-hydrogen) atoms. The van der Waals surface area contributed by atoms with Crippen molar-refractivity contribution in [2.45, 2.75) is 13.5 Å². The number of hydrogen-bond donors (Lipinski definition) is 1. The molecule has 1 aliphatic heterocycles. The first-order valence-corrected chi connectivity index (χ1v) is 5.14. The van der Waals surface area contributed by atoms with Crippen molar-refractivity contribution in [1.29, 1.82) is 0 Å². The molecule has 1 fully saturated rings. The fourth-order valence-corrected chi connectivity index (χ4v) is 1.67. The lowest BCUT2D eigenvalue weighted by Gasteiger charge is -2.26. The highest BCUT2D eigenvalue weighted by Crippen LogP contribution is 1.94. The number of aryl methyl sites for hydroxylation is 1. The SMILES string of the molecule is Cc1ncn(CCN2CCNCC2)n1. The van der Waals surface area contributed by atoms with E-state index in [0.717, 1.165) is 45.1 Å². The summed E-state index contributed by atoms with van der Waals surface area (Å²) in [4.78, 5) is 6.55. The van der Waals surface area contributed by atoms with Crippen LogP contribution in [0.25, 0.3) is 0 Å². The molecule has 0 unspecified atom stereocenters. The summed E-state index contributed by atoms with van der Waals surface area (Å²) in [7, 11) is 0. The molecule has 1 aliphatic rings. The normalized spacial score (nSPS) is 18.6. The Morgan fingerprint density at radius 1 is 1.36 bits per heavy atom. The van der Waals surface area contributed by atoms with Gasteiger partial charge in [-0.3, -0.25) is 9.58 Å². The molecule has 0 bridgehead atoms. The maximum absolute atomic E-state index is 4.26. The molecule has 2 rings (SSSR count). The molecular weight excluding hydrogens is 178 g/mol. The largest absolute Gasteiger partial charge is 0.314 e. The van der Waals surface area contributed by atoms with Gasteiger partial charge in [-0.1, -0.05) is 0 Å². The molecule has 0 aromatic carbocycles. The van der Waals surface area contributed by atoms with E-state index in [0.29, 0.717) is 0 Å². The first-order valence-electron chi connectivity index (χ1n) is 5.14. The average Bonchev–Trinajstić information content (AvgIpc) is 2.63. The van der Waals surface area contributed by atoms with Crippen molar-refractivity contribution in [2.24, 2.45) is 0 Å². The molecule has 1 aromatic rings. The fraction of sp³-hybridized carbons (Fsp3) is 0.778. The molecule has 5 heteroatoms. The van der Waals surface area contributed by atoms with Crippen LogP contribution in [0.1, 0.15) is 5.82 Å². The number of hydrogen-bond acceptors (Lipinski definition) is 4. The molecule has 0 atom stereocenters. The summed E-state index contributed by atoms with van der Waals surface area (Å²) in [5.74, 6) is 0.852. The third kappa shape index (κ3) is 2.52. The van der Waals surface area contributed by atoms with Crippen molar-refractivity contribution in [3.8, 4) is 0 Å². The van der Waals surface area contributed by atoms with E-state index in [9.17, 15) is 0 Å². The van der Waals surface area contributed by atoms with E-state index in [4.69, 9.17) is 0 Å². The minimum absolute atomic E-state index is 0.852. The molecule has 78 valence electrons. The van der Waals surface area contributed by atoms with E-state index in [1.165, 1.54) is 0 Å². The third-order valence-corrected chi connectivity index (χ3v) is 2.51. The van der Waals surface area contributed by atoms with Crippen LogP contribution in [-0.2, 0) is 6.54 Å². The Hall–Kier alpha value is -0.940. The van der Waals surface area contributed by atoms with Crippen LogP contribution in [0.5, 0.6) is 0 Å². The van der Waals surface area contributed by atoms with Crippen LogP contribution in [-0.4, -0.2) is 52.4 Å². The zero-order chi connectivity index (χ0) is 9.80. The molecule has 5 nitrogen and oxygen atoms in total. The first kappa shape index (κ1) is 9.61. The zero-order valence-electron chi connectivity index (χ0n) is 8.61. The Morgan fingerprint density at radius 2 is 2.14 bits per heavy atom. The fourth-order valence-electron chi connectivity index (χ4n) is 1.67. The Bertz CT molecular complexity index is 276. The Morgan fingerprint density at radius 3 is 2.79 bits per heavy atom. The highest BCUT2D eigenvalue weighted by Gasteiger charge is 2.08. The number of rotatable bonds is 3. The van der Waals surface area contributed by atoms with Gasteiger partial charge < -0.3 is 5.32 Å². The minimum atomic E-state index is 0.852. The van der Waals surface area contributed by atoms with Gasteiger partial charge in [0.2, 0.25) is 0 Å². The van der Waals surface area contributed by atoms with E-state index in [1.807, 2.05) is 11.6 Å². The molecule has 1 saturated heterocycles. The predicted octanol–water partition coefficient (Wildman–Crippen LogP) is -0.508. The minimum Gasteiger partial charge on any atom is -0.314 e. The molecule has 0 aliphatic carbocycles. The van der Waals surface area contributed by atoms with E-state index < -0.39 is 0 Å². The smallest absolute Gasteiger partial charge is 0.147 e. The van der Waals surface area contributed by atoms with Gasteiger partial charge in [-0.2, -0.15) is 5.10 Å². The Kier molecular flexibility index (Phi) is 3.10. The first-order chi connectivity index (χ1) is 6.84. The Balaban J connectivity index is 1.76. The molecular formula is C9H17N5. The summed E-state index contributed by atoms with van der Waals surface area (Å²) in [6.45, 7) is 8.45. The van der Waals surface area contributed by atoms with Crippen molar-refractivity contribution >= 4 is 0 Å². The quantitative estimate of drug-likeness (QED) is 0.706.